The molecule has 2 rings (SSSR count). The second-order valence-electron chi connectivity index (χ2n) is 4.09. The summed E-state index contributed by atoms with van der Waals surface area (Å²) in [6.07, 6.45) is 1.64. The first-order valence-electron chi connectivity index (χ1n) is 6.12. The average Bonchev–Trinajstić information content (AvgIpc) is 2.85. The molecule has 0 radical (unpaired) electrons. The second-order valence-corrected chi connectivity index (χ2v) is 6.01. The van der Waals surface area contributed by atoms with Crippen LogP contribution >= 0.6 is 27.7 Å². The van der Waals surface area contributed by atoms with Crippen molar-refractivity contribution in [3.8, 4) is 0 Å². The van der Waals surface area contributed by atoms with Gasteiger partial charge in [0, 0.05) is 28.1 Å². The predicted molar refractivity (Wildman–Crippen MR) is 80.3 cm³/mol. The highest BCUT2D eigenvalue weighted by molar-refractivity contribution is 9.10. The normalized spacial score (nSPS) is 12.6. The Bertz CT molecular complexity index is 532. The number of nitrogens with zero attached hydrogens (tertiary/aromatic N) is 3. The molecule has 1 unspecified atom stereocenters. The molecular formula is C13H16BrN3OS. The number of hydrogen-bond acceptors (Lipinski definition) is 4. The number of halogens is 1. The highest BCUT2D eigenvalue weighted by Gasteiger charge is 2.11. The van der Waals surface area contributed by atoms with E-state index in [9.17, 15) is 5.11 Å². The molecule has 0 spiro atoms. The van der Waals surface area contributed by atoms with Crippen molar-refractivity contribution in [1.29, 1.82) is 0 Å². The average molecular weight is 342 g/mol. The Morgan fingerprint density at radius 1 is 1.42 bits per heavy atom. The Morgan fingerprint density at radius 2 is 2.21 bits per heavy atom. The zero-order chi connectivity index (χ0) is 13.7. The summed E-state index contributed by atoms with van der Waals surface area (Å²) < 4.78 is 2.87. The van der Waals surface area contributed by atoms with Gasteiger partial charge in [-0.05, 0) is 35.0 Å². The van der Waals surface area contributed by atoms with Gasteiger partial charge >= 0.3 is 0 Å². The van der Waals surface area contributed by atoms with Crippen molar-refractivity contribution in [3.63, 3.8) is 0 Å². The van der Waals surface area contributed by atoms with Gasteiger partial charge in [0.1, 0.15) is 12.2 Å². The van der Waals surface area contributed by atoms with E-state index in [2.05, 4.69) is 26.0 Å². The Labute approximate surface area is 125 Å². The number of rotatable bonds is 6. The lowest BCUT2D eigenvalue weighted by Gasteiger charge is -2.11. The van der Waals surface area contributed by atoms with Crippen LogP contribution in [0.1, 0.15) is 12.7 Å². The van der Waals surface area contributed by atoms with Crippen LogP contribution in [-0.2, 0) is 13.0 Å². The van der Waals surface area contributed by atoms with Crippen LogP contribution in [-0.4, -0.2) is 31.7 Å². The Balaban J connectivity index is 1.88. The Hall–Kier alpha value is -0.850. The lowest BCUT2D eigenvalue weighted by Crippen LogP contribution is -2.17. The van der Waals surface area contributed by atoms with Gasteiger partial charge in [0.2, 0.25) is 0 Å². The lowest BCUT2D eigenvalue weighted by molar-refractivity contribution is 0.195. The molecule has 0 bridgehead atoms. The first-order valence-corrected chi connectivity index (χ1v) is 7.90. The lowest BCUT2D eigenvalue weighted by atomic mass is 10.3. The summed E-state index contributed by atoms with van der Waals surface area (Å²) in [6, 6.07) is 8.01. The van der Waals surface area contributed by atoms with Crippen LogP contribution in [0.2, 0.25) is 0 Å². The summed E-state index contributed by atoms with van der Waals surface area (Å²) in [6.45, 7) is 2.79. The number of aliphatic hydroxyl groups is 1. The topological polar surface area (TPSA) is 50.9 Å². The monoisotopic (exact) mass is 341 g/mol. The molecule has 0 saturated heterocycles. The van der Waals surface area contributed by atoms with Crippen molar-refractivity contribution >= 4 is 27.7 Å². The Morgan fingerprint density at radius 3 is 2.95 bits per heavy atom. The van der Waals surface area contributed by atoms with Gasteiger partial charge in [-0.3, -0.25) is 4.68 Å². The van der Waals surface area contributed by atoms with E-state index in [4.69, 9.17) is 0 Å². The maximum absolute atomic E-state index is 10.1. The molecule has 0 aliphatic rings. The molecule has 1 aromatic heterocycles. The van der Waals surface area contributed by atoms with E-state index in [-0.39, 0.29) is 0 Å². The van der Waals surface area contributed by atoms with Crippen molar-refractivity contribution in [1.82, 2.24) is 14.8 Å². The number of aryl methyl sites for hydroxylation is 1. The maximum atomic E-state index is 10.1. The number of aromatic nitrogens is 3. The van der Waals surface area contributed by atoms with Crippen LogP contribution in [0.5, 0.6) is 0 Å². The summed E-state index contributed by atoms with van der Waals surface area (Å²) >= 11 is 5.14. The van der Waals surface area contributed by atoms with Crippen molar-refractivity contribution < 1.29 is 5.11 Å². The molecule has 0 fully saturated rings. The van der Waals surface area contributed by atoms with Gasteiger partial charge < -0.3 is 5.11 Å². The highest BCUT2D eigenvalue weighted by Crippen LogP contribution is 2.27. The Kier molecular flexibility index (Phi) is 5.42. The summed E-state index contributed by atoms with van der Waals surface area (Å²) in [5.41, 5.74) is 0. The van der Waals surface area contributed by atoms with Gasteiger partial charge in [-0.1, -0.05) is 12.1 Å². The maximum Gasteiger partial charge on any atom is 0.138 e. The van der Waals surface area contributed by atoms with Crippen LogP contribution in [0.4, 0.5) is 0 Å². The third-order valence-electron chi connectivity index (χ3n) is 2.68. The largest absolute Gasteiger partial charge is 0.392 e. The molecule has 1 aromatic carbocycles. The van der Waals surface area contributed by atoms with Crippen molar-refractivity contribution in [2.24, 2.45) is 0 Å². The smallest absolute Gasteiger partial charge is 0.138 e. The molecule has 102 valence electrons. The van der Waals surface area contributed by atoms with Gasteiger partial charge in [-0.2, -0.15) is 5.10 Å². The quantitative estimate of drug-likeness (QED) is 0.820. The van der Waals surface area contributed by atoms with E-state index >= 15 is 0 Å². The van der Waals surface area contributed by atoms with Crippen LogP contribution in [0, 0.1) is 0 Å². The number of hydrogen-bond donors (Lipinski definition) is 1. The zero-order valence-corrected chi connectivity index (χ0v) is 13.1. The van der Waals surface area contributed by atoms with Gasteiger partial charge in [-0.25, -0.2) is 4.98 Å². The van der Waals surface area contributed by atoms with Crippen molar-refractivity contribution in [3.05, 3.63) is 40.9 Å². The van der Waals surface area contributed by atoms with Gasteiger partial charge in [0.25, 0.3) is 0 Å². The first-order chi connectivity index (χ1) is 9.20. The van der Waals surface area contributed by atoms with E-state index in [0.29, 0.717) is 12.2 Å². The molecule has 0 aliphatic heterocycles. The number of benzene rings is 1. The van der Waals surface area contributed by atoms with Crippen molar-refractivity contribution in [2.45, 2.75) is 30.9 Å². The van der Waals surface area contributed by atoms with Crippen molar-refractivity contribution in [2.75, 3.05) is 5.75 Å². The predicted octanol–water partition coefficient (Wildman–Crippen LogP) is 2.76. The van der Waals surface area contributed by atoms with E-state index < -0.39 is 6.10 Å². The summed E-state index contributed by atoms with van der Waals surface area (Å²) in [5, 5.41) is 14.2. The minimum Gasteiger partial charge on any atom is -0.392 e. The minimum atomic E-state index is -0.424. The summed E-state index contributed by atoms with van der Waals surface area (Å²) in [4.78, 5) is 5.31. The van der Waals surface area contributed by atoms with Gasteiger partial charge in [0.15, 0.2) is 0 Å². The second kappa shape index (κ2) is 7.07. The fourth-order valence-corrected chi connectivity index (χ4v) is 3.23. The molecule has 4 nitrogen and oxygen atoms in total. The molecule has 0 saturated carbocycles. The fourth-order valence-electron chi connectivity index (χ4n) is 1.73. The summed E-state index contributed by atoms with van der Waals surface area (Å²) in [7, 11) is 0. The molecule has 0 aliphatic carbocycles. The zero-order valence-electron chi connectivity index (χ0n) is 10.7. The molecule has 2 aromatic rings. The fraction of sp³-hybridized carbons (Fsp3) is 0.385. The minimum absolute atomic E-state index is 0.424. The third-order valence-corrected chi connectivity index (χ3v) is 4.85. The van der Waals surface area contributed by atoms with Crippen LogP contribution in [0.3, 0.4) is 0 Å². The molecule has 1 atom stereocenters. The van der Waals surface area contributed by atoms with Crippen LogP contribution < -0.4 is 0 Å². The first kappa shape index (κ1) is 14.6. The SMILES string of the molecule is CCn1ncnc1CC(O)CSc1ccccc1Br. The molecule has 1 N–H and O–H groups in total. The standard InChI is InChI=1S/C13H16BrN3OS/c1-2-17-13(15-9-16-17)7-10(18)8-19-12-6-4-3-5-11(12)14/h3-6,9-10,18H,2,7-8H2,1H3. The van der Waals surface area contributed by atoms with Gasteiger partial charge in [0.05, 0.1) is 6.10 Å². The molecule has 1 heterocycles. The van der Waals surface area contributed by atoms with Crippen LogP contribution in [0.15, 0.2) is 40.0 Å². The van der Waals surface area contributed by atoms with E-state index in [1.807, 2.05) is 35.9 Å². The third kappa shape index (κ3) is 4.06. The van der Waals surface area contributed by atoms with E-state index in [1.54, 1.807) is 11.8 Å². The number of thioether (sulfide) groups is 1. The highest BCUT2D eigenvalue weighted by atomic mass is 79.9. The van der Waals surface area contributed by atoms with Crippen LogP contribution in [0.25, 0.3) is 0 Å². The van der Waals surface area contributed by atoms with E-state index in [0.717, 1.165) is 21.7 Å². The van der Waals surface area contributed by atoms with Gasteiger partial charge in [-0.15, -0.1) is 11.8 Å². The molecule has 6 heteroatoms. The van der Waals surface area contributed by atoms with E-state index in [1.165, 1.54) is 6.33 Å². The summed E-state index contributed by atoms with van der Waals surface area (Å²) in [5.74, 6) is 1.47. The molecular weight excluding hydrogens is 326 g/mol. The molecule has 0 amide bonds. The molecule has 19 heavy (non-hydrogen) atoms. The number of aliphatic hydroxyl groups excluding tert-OH is 1.